The molecule has 0 N–H and O–H groups in total. The molecule has 4 heteroatoms. The first-order chi connectivity index (χ1) is 12.7. The maximum absolute atomic E-state index is 11.6. The summed E-state index contributed by atoms with van der Waals surface area (Å²) in [7, 11) is 0. The summed E-state index contributed by atoms with van der Waals surface area (Å²) in [4.78, 5) is 23.1. The summed E-state index contributed by atoms with van der Waals surface area (Å²) in [5.41, 5.74) is 0. The van der Waals surface area contributed by atoms with Gasteiger partial charge in [0.2, 0.25) is 0 Å². The Kier molecular flexibility index (Phi) is 18.7. The minimum absolute atomic E-state index is 0.118. The topological polar surface area (TPSA) is 52.6 Å². The van der Waals surface area contributed by atoms with E-state index in [4.69, 9.17) is 9.47 Å². The van der Waals surface area contributed by atoms with Gasteiger partial charge in [-0.05, 0) is 19.3 Å². The van der Waals surface area contributed by atoms with Crippen molar-refractivity contribution in [2.24, 2.45) is 0 Å². The second-order valence-corrected chi connectivity index (χ2v) is 6.58. The number of carbonyl (C=O) groups is 2. The average Bonchev–Trinajstić information content (AvgIpc) is 2.64. The fraction of sp³-hybridized carbons (Fsp3) is 0.818. The van der Waals surface area contributed by atoms with Gasteiger partial charge in [0.05, 0.1) is 26.1 Å². The Labute approximate surface area is 160 Å². The molecule has 0 rings (SSSR count). The minimum Gasteiger partial charge on any atom is -0.466 e. The molecule has 0 spiro atoms. The third kappa shape index (κ3) is 18.8. The summed E-state index contributed by atoms with van der Waals surface area (Å²) < 4.78 is 10.3. The standard InChI is InChI=1S/C22H38O4/c1-3-5-7-9-10-11-12-13-14-16-20-26-22(24)18-17-21(23)25-19-15-8-6-4-2/h3-4,6,8-20H2,1-2H3. The van der Waals surface area contributed by atoms with E-state index < -0.39 is 0 Å². The predicted molar refractivity (Wildman–Crippen MR) is 106 cm³/mol. The van der Waals surface area contributed by atoms with Crippen molar-refractivity contribution in [3.05, 3.63) is 0 Å². The van der Waals surface area contributed by atoms with Gasteiger partial charge < -0.3 is 9.47 Å². The third-order valence-electron chi connectivity index (χ3n) is 4.06. The van der Waals surface area contributed by atoms with Crippen molar-refractivity contribution in [2.75, 3.05) is 13.2 Å². The van der Waals surface area contributed by atoms with Crippen LogP contribution in [0.25, 0.3) is 0 Å². The van der Waals surface area contributed by atoms with Crippen LogP contribution < -0.4 is 0 Å². The highest BCUT2D eigenvalue weighted by Gasteiger charge is 2.08. The lowest BCUT2D eigenvalue weighted by atomic mass is 10.1. The molecule has 26 heavy (non-hydrogen) atoms. The van der Waals surface area contributed by atoms with Gasteiger partial charge in [-0.25, -0.2) is 0 Å². The van der Waals surface area contributed by atoms with Crippen molar-refractivity contribution in [1.82, 2.24) is 0 Å². The Morgan fingerprint density at radius 2 is 1.15 bits per heavy atom. The zero-order chi connectivity index (χ0) is 19.3. The zero-order valence-corrected chi connectivity index (χ0v) is 16.9. The normalized spacial score (nSPS) is 10.1. The maximum Gasteiger partial charge on any atom is 0.306 e. The second kappa shape index (κ2) is 19.8. The number of esters is 2. The molecular weight excluding hydrogens is 328 g/mol. The predicted octanol–water partition coefficient (Wildman–Crippen LogP) is 5.58. The second-order valence-electron chi connectivity index (χ2n) is 6.58. The fourth-order valence-electron chi connectivity index (χ4n) is 2.49. The van der Waals surface area contributed by atoms with E-state index in [0.717, 1.165) is 51.4 Å². The van der Waals surface area contributed by atoms with Crippen LogP contribution in [0.15, 0.2) is 0 Å². The molecule has 0 amide bonds. The van der Waals surface area contributed by atoms with E-state index in [1.165, 1.54) is 25.7 Å². The van der Waals surface area contributed by atoms with Gasteiger partial charge in [0, 0.05) is 12.8 Å². The maximum atomic E-state index is 11.6. The van der Waals surface area contributed by atoms with Crippen molar-refractivity contribution in [1.29, 1.82) is 0 Å². The minimum atomic E-state index is -0.304. The number of hydrogen-bond acceptors (Lipinski definition) is 4. The monoisotopic (exact) mass is 366 g/mol. The summed E-state index contributed by atoms with van der Waals surface area (Å²) in [5.74, 6) is 5.63. The number of hydrogen-bond donors (Lipinski definition) is 0. The molecule has 0 aromatic heterocycles. The van der Waals surface area contributed by atoms with E-state index in [1.807, 2.05) is 0 Å². The van der Waals surface area contributed by atoms with E-state index in [1.54, 1.807) is 0 Å². The summed E-state index contributed by atoms with van der Waals surface area (Å²) in [5, 5.41) is 0. The molecule has 0 heterocycles. The van der Waals surface area contributed by atoms with Crippen molar-refractivity contribution in [2.45, 2.75) is 104 Å². The van der Waals surface area contributed by atoms with Crippen molar-refractivity contribution in [3.63, 3.8) is 0 Å². The molecular formula is C22H38O4. The van der Waals surface area contributed by atoms with E-state index in [9.17, 15) is 9.59 Å². The molecule has 0 aromatic rings. The Bertz CT molecular complexity index is 406. The number of carbonyl (C=O) groups excluding carboxylic acids is 2. The first-order valence-electron chi connectivity index (χ1n) is 10.5. The first-order valence-corrected chi connectivity index (χ1v) is 10.5. The largest absolute Gasteiger partial charge is 0.466 e. The average molecular weight is 367 g/mol. The van der Waals surface area contributed by atoms with Gasteiger partial charge in [-0.3, -0.25) is 9.59 Å². The molecule has 0 saturated heterocycles. The van der Waals surface area contributed by atoms with Crippen LogP contribution in [0.2, 0.25) is 0 Å². The van der Waals surface area contributed by atoms with Crippen LogP contribution in [0, 0.1) is 11.8 Å². The highest BCUT2D eigenvalue weighted by molar-refractivity contribution is 5.77. The van der Waals surface area contributed by atoms with Gasteiger partial charge in [-0.2, -0.15) is 0 Å². The van der Waals surface area contributed by atoms with Crippen LogP contribution in [0.3, 0.4) is 0 Å². The lowest BCUT2D eigenvalue weighted by Gasteiger charge is -2.06. The van der Waals surface area contributed by atoms with Crippen molar-refractivity contribution in [3.8, 4) is 11.8 Å². The molecule has 0 radical (unpaired) electrons. The van der Waals surface area contributed by atoms with Gasteiger partial charge in [-0.15, -0.1) is 11.8 Å². The summed E-state index contributed by atoms with van der Waals surface area (Å²) in [6.07, 6.45) is 13.2. The van der Waals surface area contributed by atoms with Crippen molar-refractivity contribution >= 4 is 11.9 Å². The summed E-state index contributed by atoms with van der Waals surface area (Å²) in [6, 6.07) is 0. The van der Waals surface area contributed by atoms with Gasteiger partial charge in [0.15, 0.2) is 0 Å². The van der Waals surface area contributed by atoms with Crippen molar-refractivity contribution < 1.29 is 19.1 Å². The lowest BCUT2D eigenvalue weighted by molar-refractivity contribution is -0.150. The highest BCUT2D eigenvalue weighted by Crippen LogP contribution is 2.07. The van der Waals surface area contributed by atoms with Gasteiger partial charge >= 0.3 is 11.9 Å². The molecule has 0 fully saturated rings. The molecule has 0 unspecified atom stereocenters. The molecule has 0 atom stereocenters. The van der Waals surface area contributed by atoms with Crippen LogP contribution in [0.4, 0.5) is 0 Å². The lowest BCUT2D eigenvalue weighted by Crippen LogP contribution is -2.11. The van der Waals surface area contributed by atoms with E-state index in [2.05, 4.69) is 25.7 Å². The van der Waals surface area contributed by atoms with E-state index >= 15 is 0 Å². The van der Waals surface area contributed by atoms with Crippen LogP contribution in [0.5, 0.6) is 0 Å². The van der Waals surface area contributed by atoms with Crippen LogP contribution in [-0.4, -0.2) is 25.2 Å². The van der Waals surface area contributed by atoms with E-state index in [-0.39, 0.29) is 24.8 Å². The molecule has 4 nitrogen and oxygen atoms in total. The smallest absolute Gasteiger partial charge is 0.306 e. The summed E-state index contributed by atoms with van der Waals surface area (Å²) >= 11 is 0. The van der Waals surface area contributed by atoms with Gasteiger partial charge in [-0.1, -0.05) is 58.8 Å². The zero-order valence-electron chi connectivity index (χ0n) is 16.9. The molecule has 0 aliphatic heterocycles. The van der Waals surface area contributed by atoms with Gasteiger partial charge in [0.1, 0.15) is 0 Å². The quantitative estimate of drug-likeness (QED) is 0.203. The molecule has 0 aliphatic rings. The Balaban J connectivity index is 3.34. The molecule has 0 aliphatic carbocycles. The summed E-state index contributed by atoms with van der Waals surface area (Å²) in [6.45, 7) is 5.12. The van der Waals surface area contributed by atoms with Crippen LogP contribution in [0.1, 0.15) is 104 Å². The fourth-order valence-corrected chi connectivity index (χ4v) is 2.49. The number of ether oxygens (including phenoxy) is 2. The SMILES string of the molecule is CCC#CCCCCCCCCOC(=O)CCC(=O)OCCCCCC. The van der Waals surface area contributed by atoms with E-state index in [0.29, 0.717) is 13.2 Å². The molecule has 0 aromatic carbocycles. The Morgan fingerprint density at radius 1 is 0.654 bits per heavy atom. The molecule has 150 valence electrons. The highest BCUT2D eigenvalue weighted by atomic mass is 16.5. The van der Waals surface area contributed by atoms with Gasteiger partial charge in [0.25, 0.3) is 0 Å². The molecule has 0 bridgehead atoms. The molecule has 0 saturated carbocycles. The number of unbranched alkanes of at least 4 members (excludes halogenated alkanes) is 9. The van der Waals surface area contributed by atoms with Crippen LogP contribution >= 0.6 is 0 Å². The van der Waals surface area contributed by atoms with Crippen LogP contribution in [-0.2, 0) is 19.1 Å². The Hall–Kier alpha value is -1.50. The first kappa shape index (κ1) is 24.5. The number of rotatable bonds is 16. The third-order valence-corrected chi connectivity index (χ3v) is 4.06. The Morgan fingerprint density at radius 3 is 1.69 bits per heavy atom.